The summed E-state index contributed by atoms with van der Waals surface area (Å²) in [7, 11) is 0. The van der Waals surface area contributed by atoms with Crippen LogP contribution in [-0.2, 0) is 0 Å². The average Bonchev–Trinajstić information content (AvgIpc) is 2.56. The Balaban J connectivity index is 2.05. The molecule has 0 amide bonds. The predicted octanol–water partition coefficient (Wildman–Crippen LogP) is 4.48. The minimum Gasteiger partial charge on any atom is -0.353 e. The zero-order valence-electron chi connectivity index (χ0n) is 12.8. The summed E-state index contributed by atoms with van der Waals surface area (Å²) in [5.41, 5.74) is 4.08. The lowest BCUT2D eigenvalue weighted by molar-refractivity contribution is 0.634. The molecule has 1 atom stereocenters. The molecular formula is C18H19N3S. The molecular weight excluding hydrogens is 290 g/mol. The van der Waals surface area contributed by atoms with E-state index in [-0.39, 0.29) is 5.92 Å². The van der Waals surface area contributed by atoms with Gasteiger partial charge in [0.2, 0.25) is 0 Å². The van der Waals surface area contributed by atoms with E-state index in [0.29, 0.717) is 0 Å². The molecule has 2 N–H and O–H groups in total. The number of benzene rings is 2. The Morgan fingerprint density at radius 1 is 1.23 bits per heavy atom. The van der Waals surface area contributed by atoms with Gasteiger partial charge >= 0.3 is 0 Å². The number of likely N-dealkylation sites (N-methyl/N-ethyl adjacent to an activating group) is 1. The maximum Gasteiger partial charge on any atom is 0.0995 e. The molecule has 0 radical (unpaired) electrons. The summed E-state index contributed by atoms with van der Waals surface area (Å²) < 4.78 is 0. The second-order valence-corrected chi connectivity index (χ2v) is 6.53. The van der Waals surface area contributed by atoms with Crippen LogP contribution in [0, 0.1) is 11.3 Å². The van der Waals surface area contributed by atoms with Crippen LogP contribution in [0.4, 0.5) is 11.4 Å². The van der Waals surface area contributed by atoms with Crippen molar-refractivity contribution in [1.82, 2.24) is 5.32 Å². The van der Waals surface area contributed by atoms with Crippen molar-refractivity contribution in [2.75, 3.05) is 18.4 Å². The van der Waals surface area contributed by atoms with Crippen molar-refractivity contribution in [2.45, 2.75) is 29.6 Å². The number of hydrogen-bond acceptors (Lipinski definition) is 4. The molecule has 0 bridgehead atoms. The minimum absolute atomic E-state index is 0.280. The number of nitrogens with zero attached hydrogens (tertiary/aromatic N) is 1. The first-order chi connectivity index (χ1) is 10.7. The Kier molecular flexibility index (Phi) is 4.37. The number of para-hydroxylation sites is 1. The van der Waals surface area contributed by atoms with Gasteiger partial charge in [0.15, 0.2) is 0 Å². The van der Waals surface area contributed by atoms with E-state index >= 15 is 0 Å². The summed E-state index contributed by atoms with van der Waals surface area (Å²) in [6.45, 7) is 6.08. The summed E-state index contributed by atoms with van der Waals surface area (Å²) >= 11 is 1.76. The molecule has 22 heavy (non-hydrogen) atoms. The number of hydrogen-bond donors (Lipinski definition) is 2. The predicted molar refractivity (Wildman–Crippen MR) is 92.0 cm³/mol. The van der Waals surface area contributed by atoms with Crippen molar-refractivity contribution >= 4 is 23.1 Å². The molecule has 1 heterocycles. The fourth-order valence-corrected chi connectivity index (χ4v) is 3.81. The van der Waals surface area contributed by atoms with Gasteiger partial charge < -0.3 is 10.6 Å². The van der Waals surface area contributed by atoms with Crippen LogP contribution in [0.3, 0.4) is 0 Å². The molecule has 1 aliphatic rings. The number of rotatable bonds is 4. The van der Waals surface area contributed by atoms with Crippen LogP contribution in [0.15, 0.2) is 46.2 Å². The van der Waals surface area contributed by atoms with Crippen LogP contribution < -0.4 is 10.6 Å². The van der Waals surface area contributed by atoms with Gasteiger partial charge in [-0.05, 0) is 42.3 Å². The molecule has 1 unspecified atom stereocenters. The van der Waals surface area contributed by atoms with Gasteiger partial charge in [-0.3, -0.25) is 0 Å². The number of fused-ring (bicyclic) bond motifs is 2. The Hall–Kier alpha value is -1.96. The third-order valence-corrected chi connectivity index (χ3v) is 5.02. The molecule has 2 aromatic rings. The minimum atomic E-state index is 0.280. The highest BCUT2D eigenvalue weighted by Crippen LogP contribution is 2.47. The molecule has 0 fully saturated rings. The normalized spacial score (nSPS) is 13.5. The zero-order valence-corrected chi connectivity index (χ0v) is 13.6. The number of nitriles is 1. The summed E-state index contributed by atoms with van der Waals surface area (Å²) in [5, 5.41) is 16.4. The molecule has 3 nitrogen and oxygen atoms in total. The second kappa shape index (κ2) is 6.43. The molecule has 0 spiro atoms. The standard InChI is InChI=1S/C18H19N3S/c1-3-20-11-12(2)17-13(10-19)8-9-16-18(17)21-14-6-4-5-7-15(14)22-16/h4-9,12,20-21H,3,11H2,1-2H3. The summed E-state index contributed by atoms with van der Waals surface area (Å²) in [6, 6.07) is 14.6. The Bertz CT molecular complexity index is 734. The van der Waals surface area contributed by atoms with E-state index in [4.69, 9.17) is 0 Å². The van der Waals surface area contributed by atoms with E-state index in [0.717, 1.165) is 35.6 Å². The van der Waals surface area contributed by atoms with Crippen molar-refractivity contribution < 1.29 is 0 Å². The van der Waals surface area contributed by atoms with Crippen LogP contribution in [-0.4, -0.2) is 13.1 Å². The van der Waals surface area contributed by atoms with Crippen LogP contribution >= 0.6 is 11.8 Å². The highest BCUT2D eigenvalue weighted by Gasteiger charge is 2.23. The first-order valence-electron chi connectivity index (χ1n) is 7.56. The number of nitrogens with one attached hydrogen (secondary N) is 2. The molecule has 4 heteroatoms. The maximum absolute atomic E-state index is 9.48. The van der Waals surface area contributed by atoms with Crippen molar-refractivity contribution in [3.63, 3.8) is 0 Å². The summed E-state index contributed by atoms with van der Waals surface area (Å²) in [5.74, 6) is 0.280. The van der Waals surface area contributed by atoms with Crippen molar-refractivity contribution in [2.24, 2.45) is 0 Å². The lowest BCUT2D eigenvalue weighted by Crippen LogP contribution is -2.21. The van der Waals surface area contributed by atoms with E-state index in [1.165, 1.54) is 9.79 Å². The van der Waals surface area contributed by atoms with E-state index in [2.05, 4.69) is 48.7 Å². The third kappa shape index (κ3) is 2.70. The Morgan fingerprint density at radius 3 is 2.82 bits per heavy atom. The third-order valence-electron chi connectivity index (χ3n) is 3.89. The Labute approximate surface area is 135 Å². The van der Waals surface area contributed by atoms with Crippen LogP contribution in [0.2, 0.25) is 0 Å². The van der Waals surface area contributed by atoms with Gasteiger partial charge in [0, 0.05) is 16.3 Å². The van der Waals surface area contributed by atoms with E-state index in [1.54, 1.807) is 11.8 Å². The fraction of sp³-hybridized carbons (Fsp3) is 0.278. The Morgan fingerprint density at radius 2 is 2.05 bits per heavy atom. The quantitative estimate of drug-likeness (QED) is 0.746. The summed E-state index contributed by atoms with van der Waals surface area (Å²) in [6.07, 6.45) is 0. The largest absolute Gasteiger partial charge is 0.353 e. The molecule has 2 aromatic carbocycles. The second-order valence-electron chi connectivity index (χ2n) is 5.44. The highest BCUT2D eigenvalue weighted by atomic mass is 32.2. The van der Waals surface area contributed by atoms with Gasteiger partial charge in [0.1, 0.15) is 0 Å². The van der Waals surface area contributed by atoms with Crippen molar-refractivity contribution in [3.8, 4) is 6.07 Å². The monoisotopic (exact) mass is 309 g/mol. The van der Waals surface area contributed by atoms with Gasteiger partial charge in [-0.15, -0.1) is 0 Å². The van der Waals surface area contributed by atoms with Crippen LogP contribution in [0.1, 0.15) is 30.9 Å². The van der Waals surface area contributed by atoms with Gasteiger partial charge in [0.05, 0.1) is 23.0 Å². The molecule has 3 rings (SSSR count). The molecule has 112 valence electrons. The molecule has 0 aliphatic carbocycles. The highest BCUT2D eigenvalue weighted by molar-refractivity contribution is 7.99. The SMILES string of the molecule is CCNCC(C)c1c(C#N)ccc2c1Nc1ccccc1S2. The molecule has 0 saturated heterocycles. The van der Waals surface area contributed by atoms with Gasteiger partial charge in [-0.25, -0.2) is 0 Å². The first kappa shape index (κ1) is 15.0. The van der Waals surface area contributed by atoms with E-state index in [1.807, 2.05) is 18.2 Å². The van der Waals surface area contributed by atoms with Crippen molar-refractivity contribution in [1.29, 1.82) is 5.26 Å². The van der Waals surface area contributed by atoms with E-state index < -0.39 is 0 Å². The smallest absolute Gasteiger partial charge is 0.0995 e. The zero-order chi connectivity index (χ0) is 15.5. The van der Waals surface area contributed by atoms with Gasteiger partial charge in [-0.2, -0.15) is 5.26 Å². The van der Waals surface area contributed by atoms with Crippen molar-refractivity contribution in [3.05, 3.63) is 47.5 Å². The van der Waals surface area contributed by atoms with Gasteiger partial charge in [0.25, 0.3) is 0 Å². The first-order valence-corrected chi connectivity index (χ1v) is 8.37. The number of anilines is 2. The maximum atomic E-state index is 9.48. The lowest BCUT2D eigenvalue weighted by Gasteiger charge is -2.26. The molecule has 1 aliphatic heterocycles. The lowest BCUT2D eigenvalue weighted by atomic mass is 9.93. The van der Waals surface area contributed by atoms with Gasteiger partial charge in [-0.1, -0.05) is 37.7 Å². The average molecular weight is 309 g/mol. The van der Waals surface area contributed by atoms with Crippen LogP contribution in [0.25, 0.3) is 0 Å². The summed E-state index contributed by atoms with van der Waals surface area (Å²) in [4.78, 5) is 2.42. The fourth-order valence-electron chi connectivity index (χ4n) is 2.80. The topological polar surface area (TPSA) is 47.9 Å². The van der Waals surface area contributed by atoms with Crippen LogP contribution in [0.5, 0.6) is 0 Å². The molecule has 0 aromatic heterocycles. The van der Waals surface area contributed by atoms with E-state index in [9.17, 15) is 5.26 Å². The molecule has 0 saturated carbocycles.